The Morgan fingerprint density at radius 2 is 2.04 bits per heavy atom. The van der Waals surface area contributed by atoms with Crippen molar-refractivity contribution in [3.05, 3.63) is 44.5 Å². The van der Waals surface area contributed by atoms with Gasteiger partial charge in [-0.3, -0.25) is 14.4 Å². The fraction of sp³-hybridized carbons (Fsp3) is 0.357. The van der Waals surface area contributed by atoms with Gasteiger partial charge in [0.2, 0.25) is 0 Å². The van der Waals surface area contributed by atoms with E-state index in [9.17, 15) is 23.2 Å². The van der Waals surface area contributed by atoms with Gasteiger partial charge >= 0.3 is 11.1 Å². The molecule has 7 nitrogen and oxygen atoms in total. The highest BCUT2D eigenvalue weighted by Crippen LogP contribution is 2.13. The summed E-state index contributed by atoms with van der Waals surface area (Å²) in [5.41, 5.74) is 4.19. The van der Waals surface area contributed by atoms with E-state index in [-0.39, 0.29) is 30.0 Å². The molecule has 1 aromatic heterocycles. The lowest BCUT2D eigenvalue weighted by Crippen LogP contribution is -2.41. The number of hydrogen-bond acceptors (Lipinski definition) is 4. The number of nitrogens with two attached hydrogens (primary N) is 1. The molecule has 0 aliphatic rings. The average molecular weight is 363 g/mol. The molecule has 24 heavy (non-hydrogen) atoms. The number of halogens is 3. The van der Waals surface area contributed by atoms with Crippen molar-refractivity contribution in [3.63, 3.8) is 0 Å². The number of hydrogen-bond donors (Lipinski definition) is 3. The van der Waals surface area contributed by atoms with Gasteiger partial charge in [0.25, 0.3) is 11.8 Å². The number of rotatable bonds is 5. The maximum absolute atomic E-state index is 13.1. The number of carbonyl (C=O) groups excluding carboxylic acids is 1. The predicted octanol–water partition coefficient (Wildman–Crippen LogP) is 0.455. The van der Waals surface area contributed by atoms with Crippen molar-refractivity contribution in [2.45, 2.75) is 19.4 Å². The molecule has 0 spiro atoms. The zero-order valence-electron chi connectivity index (χ0n) is 12.8. The minimum Gasteiger partial charge on any atom is -0.346 e. The predicted molar refractivity (Wildman–Crippen MR) is 88.1 cm³/mol. The van der Waals surface area contributed by atoms with Crippen LogP contribution in [-0.2, 0) is 6.54 Å². The van der Waals surface area contributed by atoms with Crippen LogP contribution in [0, 0.1) is 0 Å². The van der Waals surface area contributed by atoms with Crippen LogP contribution in [0.4, 0.5) is 8.78 Å². The minimum atomic E-state index is -3.19. The SMILES string of the molecule is CCn1c(=O)c(=O)[nH]c2cc(C(=O)NCC(F)(F)CN)ccc21.Cl. The molecule has 0 radical (unpaired) electrons. The summed E-state index contributed by atoms with van der Waals surface area (Å²) in [7, 11) is 0. The molecule has 0 atom stereocenters. The Hall–Kier alpha value is -2.26. The molecule has 0 aliphatic carbocycles. The topological polar surface area (TPSA) is 110 Å². The van der Waals surface area contributed by atoms with Gasteiger partial charge in [-0.25, -0.2) is 8.78 Å². The number of H-pyrrole nitrogens is 1. The number of aromatic amines is 1. The number of fused-ring (bicyclic) bond motifs is 1. The van der Waals surface area contributed by atoms with Crippen LogP contribution in [0.2, 0.25) is 0 Å². The Kier molecular flexibility index (Phi) is 6.22. The van der Waals surface area contributed by atoms with Gasteiger partial charge in [-0.15, -0.1) is 12.4 Å². The molecule has 0 aliphatic heterocycles. The number of carbonyl (C=O) groups is 1. The van der Waals surface area contributed by atoms with E-state index in [4.69, 9.17) is 5.73 Å². The summed E-state index contributed by atoms with van der Waals surface area (Å²) in [6.45, 7) is 0.232. The summed E-state index contributed by atoms with van der Waals surface area (Å²) in [6, 6.07) is 4.20. The summed E-state index contributed by atoms with van der Waals surface area (Å²) in [6.07, 6.45) is 0. The van der Waals surface area contributed by atoms with Crippen LogP contribution < -0.4 is 22.2 Å². The lowest BCUT2D eigenvalue weighted by Gasteiger charge is -2.14. The second-order valence-corrected chi connectivity index (χ2v) is 4.98. The molecule has 2 aromatic rings. The van der Waals surface area contributed by atoms with E-state index in [1.807, 2.05) is 0 Å². The highest BCUT2D eigenvalue weighted by atomic mass is 35.5. The Balaban J connectivity index is 0.00000288. The molecular weight excluding hydrogens is 346 g/mol. The van der Waals surface area contributed by atoms with E-state index >= 15 is 0 Å². The average Bonchev–Trinajstić information content (AvgIpc) is 2.53. The van der Waals surface area contributed by atoms with Gasteiger partial charge in [0.1, 0.15) is 0 Å². The minimum absolute atomic E-state index is 0. The Bertz CT molecular complexity index is 863. The first-order valence-electron chi connectivity index (χ1n) is 6.92. The standard InChI is InChI=1S/C14H16F2N4O3.ClH/c1-2-20-10-4-3-8(5-9(10)19-12(22)13(20)23)11(21)18-7-14(15,16)6-17;/h3-5H,2,6-7,17H2,1H3,(H,18,21)(H,19,22);1H. The zero-order valence-corrected chi connectivity index (χ0v) is 13.6. The van der Waals surface area contributed by atoms with Gasteiger partial charge in [0.15, 0.2) is 0 Å². The van der Waals surface area contributed by atoms with Gasteiger partial charge in [0, 0.05) is 12.1 Å². The highest BCUT2D eigenvalue weighted by Gasteiger charge is 2.27. The lowest BCUT2D eigenvalue weighted by atomic mass is 10.1. The smallest absolute Gasteiger partial charge is 0.316 e. The number of nitrogens with zero attached hydrogens (tertiary/aromatic N) is 1. The molecule has 1 amide bonds. The number of benzene rings is 1. The van der Waals surface area contributed by atoms with Crippen molar-refractivity contribution in [2.24, 2.45) is 5.73 Å². The summed E-state index contributed by atoms with van der Waals surface area (Å²) in [4.78, 5) is 37.6. The van der Waals surface area contributed by atoms with Crippen LogP contribution in [0.5, 0.6) is 0 Å². The van der Waals surface area contributed by atoms with Crippen LogP contribution >= 0.6 is 12.4 Å². The van der Waals surface area contributed by atoms with Gasteiger partial charge in [-0.05, 0) is 25.1 Å². The third-order valence-electron chi connectivity index (χ3n) is 3.36. The number of amides is 1. The molecule has 10 heteroatoms. The molecule has 1 aromatic carbocycles. The molecule has 1 heterocycles. The van der Waals surface area contributed by atoms with Crippen LogP contribution in [0.25, 0.3) is 11.0 Å². The van der Waals surface area contributed by atoms with Crippen LogP contribution in [0.3, 0.4) is 0 Å². The van der Waals surface area contributed by atoms with Crippen molar-refractivity contribution in [1.29, 1.82) is 0 Å². The number of aromatic nitrogens is 2. The number of aryl methyl sites for hydroxylation is 1. The van der Waals surface area contributed by atoms with E-state index in [0.717, 1.165) is 0 Å². The van der Waals surface area contributed by atoms with E-state index in [0.29, 0.717) is 5.52 Å². The van der Waals surface area contributed by atoms with Crippen molar-refractivity contribution >= 4 is 29.3 Å². The molecule has 0 bridgehead atoms. The number of alkyl halides is 2. The van der Waals surface area contributed by atoms with Crippen molar-refractivity contribution in [1.82, 2.24) is 14.9 Å². The normalized spacial score (nSPS) is 11.2. The Morgan fingerprint density at radius 3 is 2.62 bits per heavy atom. The molecule has 2 rings (SSSR count). The fourth-order valence-electron chi connectivity index (χ4n) is 2.12. The van der Waals surface area contributed by atoms with Crippen LogP contribution in [-0.4, -0.2) is 34.5 Å². The summed E-state index contributed by atoms with van der Waals surface area (Å²) in [5, 5.41) is 2.08. The summed E-state index contributed by atoms with van der Waals surface area (Å²) in [5.74, 6) is -3.92. The molecule has 0 fully saturated rings. The van der Waals surface area contributed by atoms with E-state index in [1.165, 1.54) is 22.8 Å². The summed E-state index contributed by atoms with van der Waals surface area (Å²) >= 11 is 0. The third kappa shape index (κ3) is 3.98. The highest BCUT2D eigenvalue weighted by molar-refractivity contribution is 5.97. The first-order chi connectivity index (χ1) is 10.8. The second-order valence-electron chi connectivity index (χ2n) is 4.98. The Labute approximate surface area is 141 Å². The molecule has 0 saturated carbocycles. The Morgan fingerprint density at radius 1 is 1.38 bits per heavy atom. The van der Waals surface area contributed by atoms with Crippen LogP contribution in [0.1, 0.15) is 17.3 Å². The molecule has 4 N–H and O–H groups in total. The first kappa shape index (κ1) is 19.8. The molecular formula is C14H17ClF2N4O3. The second kappa shape index (κ2) is 7.54. The largest absolute Gasteiger partial charge is 0.346 e. The maximum Gasteiger partial charge on any atom is 0.316 e. The van der Waals surface area contributed by atoms with E-state index in [2.05, 4.69) is 10.3 Å². The van der Waals surface area contributed by atoms with Crippen molar-refractivity contribution in [3.8, 4) is 0 Å². The third-order valence-corrected chi connectivity index (χ3v) is 3.36. The van der Waals surface area contributed by atoms with Gasteiger partial charge < -0.3 is 20.6 Å². The van der Waals surface area contributed by atoms with E-state index < -0.39 is 36.0 Å². The quantitative estimate of drug-likeness (QED) is 0.671. The first-order valence-corrected chi connectivity index (χ1v) is 6.92. The van der Waals surface area contributed by atoms with Crippen molar-refractivity contribution in [2.75, 3.05) is 13.1 Å². The fourth-order valence-corrected chi connectivity index (χ4v) is 2.12. The lowest BCUT2D eigenvalue weighted by molar-refractivity contribution is 0.0118. The van der Waals surface area contributed by atoms with Gasteiger partial charge in [-0.1, -0.05) is 0 Å². The molecule has 0 saturated heterocycles. The molecule has 132 valence electrons. The molecule has 0 unspecified atom stereocenters. The maximum atomic E-state index is 13.1. The monoisotopic (exact) mass is 362 g/mol. The van der Waals surface area contributed by atoms with Crippen LogP contribution in [0.15, 0.2) is 27.8 Å². The summed E-state index contributed by atoms with van der Waals surface area (Å²) < 4.78 is 27.4. The van der Waals surface area contributed by atoms with Gasteiger partial charge in [0.05, 0.1) is 24.1 Å². The number of nitrogens with one attached hydrogen (secondary N) is 2. The van der Waals surface area contributed by atoms with E-state index in [1.54, 1.807) is 6.92 Å². The zero-order chi connectivity index (χ0) is 17.2. The van der Waals surface area contributed by atoms with Gasteiger partial charge in [-0.2, -0.15) is 0 Å². The van der Waals surface area contributed by atoms with Crippen molar-refractivity contribution < 1.29 is 13.6 Å².